The molecule has 0 bridgehead atoms. The second kappa shape index (κ2) is 4.96. The van der Waals surface area contributed by atoms with Crippen LogP contribution >= 0.6 is 11.6 Å². The van der Waals surface area contributed by atoms with Crippen LogP contribution in [-0.4, -0.2) is 14.3 Å². The summed E-state index contributed by atoms with van der Waals surface area (Å²) in [5, 5.41) is 6.26. The van der Waals surface area contributed by atoms with Crippen molar-refractivity contribution in [2.45, 2.75) is 20.0 Å². The molecule has 0 atom stereocenters. The zero-order valence-corrected chi connectivity index (χ0v) is 12.4. The quantitative estimate of drug-likeness (QED) is 0.806. The van der Waals surface area contributed by atoms with Crippen LogP contribution in [0, 0.1) is 6.92 Å². The highest BCUT2D eigenvalue weighted by Gasteiger charge is 2.12. The number of rotatable bonds is 3. The predicted octanol–water partition coefficient (Wildman–Crippen LogP) is 2.84. The van der Waals surface area contributed by atoms with Gasteiger partial charge in [-0.2, -0.15) is 5.10 Å². The van der Waals surface area contributed by atoms with E-state index >= 15 is 0 Å². The van der Waals surface area contributed by atoms with Gasteiger partial charge in [0.15, 0.2) is 0 Å². The van der Waals surface area contributed by atoms with Crippen molar-refractivity contribution in [2.24, 2.45) is 12.8 Å². The van der Waals surface area contributed by atoms with Gasteiger partial charge in [0.25, 0.3) is 0 Å². The summed E-state index contributed by atoms with van der Waals surface area (Å²) in [4.78, 5) is 0. The molecule has 0 fully saturated rings. The molecule has 2 aromatic heterocycles. The molecule has 0 spiro atoms. The fraction of sp³-hybridized carbons (Fsp3) is 0.267. The van der Waals surface area contributed by atoms with Crippen molar-refractivity contribution < 1.29 is 0 Å². The Morgan fingerprint density at radius 3 is 2.75 bits per heavy atom. The zero-order chi connectivity index (χ0) is 14.3. The smallest absolute Gasteiger partial charge is 0.131 e. The van der Waals surface area contributed by atoms with Crippen molar-refractivity contribution in [3.63, 3.8) is 0 Å². The largest absolute Gasteiger partial charge is 0.343 e. The number of nitrogens with two attached hydrogens (primary N) is 1. The molecule has 3 aromatic rings. The van der Waals surface area contributed by atoms with Gasteiger partial charge in [-0.3, -0.25) is 4.68 Å². The van der Waals surface area contributed by atoms with Crippen molar-refractivity contribution in [1.29, 1.82) is 0 Å². The average Bonchev–Trinajstić information content (AvgIpc) is 2.95. The van der Waals surface area contributed by atoms with Gasteiger partial charge in [-0.15, -0.1) is 0 Å². The molecule has 1 aromatic carbocycles. The summed E-state index contributed by atoms with van der Waals surface area (Å²) in [6, 6.07) is 8.41. The lowest BCUT2D eigenvalue weighted by molar-refractivity contribution is 0.757. The number of halogens is 1. The Kier molecular flexibility index (Phi) is 3.28. The Morgan fingerprint density at radius 2 is 2.10 bits per heavy atom. The molecule has 0 aliphatic heterocycles. The van der Waals surface area contributed by atoms with Gasteiger partial charge in [0, 0.05) is 30.9 Å². The molecule has 3 rings (SSSR count). The standard InChI is InChI=1S/C15H17ClN4/c1-10-13(15(16)19(2)18-10)9-20-6-5-12-4-3-11(8-17)7-14(12)20/h3-7H,8-9,17H2,1-2H3. The Hall–Kier alpha value is -1.78. The van der Waals surface area contributed by atoms with Crippen molar-refractivity contribution in [3.8, 4) is 0 Å². The number of hydrogen-bond donors (Lipinski definition) is 1. The van der Waals surface area contributed by atoms with Crippen LogP contribution < -0.4 is 5.73 Å². The third-order valence-electron chi connectivity index (χ3n) is 3.67. The minimum Gasteiger partial charge on any atom is -0.343 e. The number of benzene rings is 1. The second-order valence-corrected chi connectivity index (χ2v) is 5.38. The van der Waals surface area contributed by atoms with E-state index in [1.807, 2.05) is 14.0 Å². The summed E-state index contributed by atoms with van der Waals surface area (Å²) in [6.45, 7) is 3.25. The number of nitrogens with zero attached hydrogens (tertiary/aromatic N) is 3. The van der Waals surface area contributed by atoms with E-state index in [9.17, 15) is 0 Å². The molecule has 4 nitrogen and oxygen atoms in total. The van der Waals surface area contributed by atoms with Crippen LogP contribution in [-0.2, 0) is 20.1 Å². The summed E-state index contributed by atoms with van der Waals surface area (Å²) in [7, 11) is 1.86. The van der Waals surface area contributed by atoms with Gasteiger partial charge in [-0.1, -0.05) is 23.7 Å². The Balaban J connectivity index is 2.06. The molecule has 0 aliphatic carbocycles. The maximum Gasteiger partial charge on any atom is 0.131 e. The van der Waals surface area contributed by atoms with E-state index in [0.717, 1.165) is 23.4 Å². The first kappa shape index (κ1) is 13.2. The molecule has 0 unspecified atom stereocenters. The minimum atomic E-state index is 0.549. The lowest BCUT2D eigenvalue weighted by Gasteiger charge is -2.07. The molecular weight excluding hydrogens is 272 g/mol. The van der Waals surface area contributed by atoms with Crippen LogP contribution in [0.5, 0.6) is 0 Å². The molecule has 0 saturated heterocycles. The molecular formula is C15H17ClN4. The van der Waals surface area contributed by atoms with Crippen LogP contribution in [0.25, 0.3) is 10.9 Å². The molecule has 2 heterocycles. The van der Waals surface area contributed by atoms with E-state index in [4.69, 9.17) is 17.3 Å². The Morgan fingerprint density at radius 1 is 1.30 bits per heavy atom. The van der Waals surface area contributed by atoms with Crippen LogP contribution in [0.3, 0.4) is 0 Å². The number of fused-ring (bicyclic) bond motifs is 1. The van der Waals surface area contributed by atoms with Crippen molar-refractivity contribution in [3.05, 3.63) is 52.4 Å². The minimum absolute atomic E-state index is 0.549. The lowest BCUT2D eigenvalue weighted by atomic mass is 10.1. The predicted molar refractivity (Wildman–Crippen MR) is 81.9 cm³/mol. The fourth-order valence-corrected chi connectivity index (χ4v) is 2.75. The van der Waals surface area contributed by atoms with Crippen LogP contribution in [0.1, 0.15) is 16.8 Å². The molecule has 20 heavy (non-hydrogen) atoms. The summed E-state index contributed by atoms with van der Waals surface area (Å²) in [5.74, 6) is 0. The number of aromatic nitrogens is 3. The zero-order valence-electron chi connectivity index (χ0n) is 11.6. The van der Waals surface area contributed by atoms with Gasteiger partial charge < -0.3 is 10.3 Å². The first-order valence-electron chi connectivity index (χ1n) is 6.56. The highest BCUT2D eigenvalue weighted by molar-refractivity contribution is 6.30. The molecule has 0 radical (unpaired) electrons. The van der Waals surface area contributed by atoms with E-state index in [1.165, 1.54) is 10.9 Å². The molecule has 2 N–H and O–H groups in total. The van der Waals surface area contributed by atoms with Crippen molar-refractivity contribution in [2.75, 3.05) is 0 Å². The first-order chi connectivity index (χ1) is 9.60. The van der Waals surface area contributed by atoms with E-state index in [1.54, 1.807) is 4.68 Å². The summed E-state index contributed by atoms with van der Waals surface area (Å²) in [6.07, 6.45) is 2.08. The Labute approximate surface area is 122 Å². The first-order valence-corrected chi connectivity index (χ1v) is 6.93. The fourth-order valence-electron chi connectivity index (χ4n) is 2.52. The van der Waals surface area contributed by atoms with Crippen LogP contribution in [0.2, 0.25) is 5.15 Å². The van der Waals surface area contributed by atoms with Crippen LogP contribution in [0.15, 0.2) is 30.5 Å². The monoisotopic (exact) mass is 288 g/mol. The lowest BCUT2D eigenvalue weighted by Crippen LogP contribution is -2.01. The third-order valence-corrected chi connectivity index (χ3v) is 4.15. The summed E-state index contributed by atoms with van der Waals surface area (Å²) >= 11 is 6.31. The van der Waals surface area contributed by atoms with Crippen molar-refractivity contribution >= 4 is 22.5 Å². The van der Waals surface area contributed by atoms with Gasteiger partial charge in [0.1, 0.15) is 5.15 Å². The maximum atomic E-state index is 6.31. The molecule has 0 saturated carbocycles. The molecule has 5 heteroatoms. The van der Waals surface area contributed by atoms with Crippen molar-refractivity contribution in [1.82, 2.24) is 14.3 Å². The topological polar surface area (TPSA) is 48.8 Å². The molecule has 104 valence electrons. The van der Waals surface area contributed by atoms with Crippen LogP contribution in [0.4, 0.5) is 0 Å². The second-order valence-electron chi connectivity index (χ2n) is 5.02. The normalized spacial score (nSPS) is 11.4. The highest BCUT2D eigenvalue weighted by Crippen LogP contribution is 2.23. The number of hydrogen-bond acceptors (Lipinski definition) is 2. The maximum absolute atomic E-state index is 6.31. The van der Waals surface area contributed by atoms with Gasteiger partial charge in [-0.25, -0.2) is 0 Å². The van der Waals surface area contributed by atoms with E-state index < -0.39 is 0 Å². The summed E-state index contributed by atoms with van der Waals surface area (Å²) in [5.41, 5.74) is 10.1. The summed E-state index contributed by atoms with van der Waals surface area (Å²) < 4.78 is 3.90. The molecule has 0 amide bonds. The van der Waals surface area contributed by atoms with E-state index in [0.29, 0.717) is 11.7 Å². The van der Waals surface area contributed by atoms with Gasteiger partial charge in [-0.05, 0) is 30.0 Å². The van der Waals surface area contributed by atoms with E-state index in [-0.39, 0.29) is 0 Å². The van der Waals surface area contributed by atoms with Gasteiger partial charge in [0.2, 0.25) is 0 Å². The SMILES string of the molecule is Cc1nn(C)c(Cl)c1Cn1ccc2ccc(CN)cc21. The third kappa shape index (κ3) is 2.11. The van der Waals surface area contributed by atoms with Gasteiger partial charge >= 0.3 is 0 Å². The highest BCUT2D eigenvalue weighted by atomic mass is 35.5. The van der Waals surface area contributed by atoms with Gasteiger partial charge in [0.05, 0.1) is 12.2 Å². The Bertz CT molecular complexity index is 770. The average molecular weight is 289 g/mol. The number of aryl methyl sites for hydroxylation is 2. The van der Waals surface area contributed by atoms with E-state index in [2.05, 4.69) is 40.1 Å². The molecule has 0 aliphatic rings.